The van der Waals surface area contributed by atoms with Crippen LogP contribution in [0.1, 0.15) is 18.9 Å². The molecule has 2 N–H and O–H groups in total. The quantitative estimate of drug-likeness (QED) is 0.346. The Morgan fingerprint density at radius 1 is 1.19 bits per heavy atom. The van der Waals surface area contributed by atoms with Crippen LogP contribution in [-0.2, 0) is 11.3 Å². The molecule has 0 fully saturated rings. The summed E-state index contributed by atoms with van der Waals surface area (Å²) in [6, 6.07) is 6.01. The number of halogens is 3. The van der Waals surface area contributed by atoms with E-state index in [2.05, 4.69) is 25.3 Å². The van der Waals surface area contributed by atoms with Gasteiger partial charge in [-0.05, 0) is 33.0 Å². The van der Waals surface area contributed by atoms with Gasteiger partial charge in [-0.15, -0.1) is 13.2 Å². The number of methoxy groups -OCH3 is 1. The fourth-order valence-corrected chi connectivity index (χ4v) is 2.28. The molecule has 9 heteroatoms. The van der Waals surface area contributed by atoms with E-state index in [4.69, 9.17) is 4.74 Å². The first-order chi connectivity index (χ1) is 12.9. The van der Waals surface area contributed by atoms with Gasteiger partial charge in [-0.3, -0.25) is 0 Å². The van der Waals surface area contributed by atoms with E-state index in [1.165, 1.54) is 12.1 Å². The van der Waals surface area contributed by atoms with E-state index in [0.29, 0.717) is 31.2 Å². The van der Waals surface area contributed by atoms with Crippen LogP contribution in [0.4, 0.5) is 13.2 Å². The molecule has 6 nitrogen and oxygen atoms in total. The van der Waals surface area contributed by atoms with Crippen LogP contribution < -0.4 is 15.4 Å². The number of ether oxygens (including phenoxy) is 2. The topological polar surface area (TPSA) is 58.1 Å². The van der Waals surface area contributed by atoms with Crippen molar-refractivity contribution in [3.05, 3.63) is 29.8 Å². The van der Waals surface area contributed by atoms with Crippen LogP contribution in [0.25, 0.3) is 0 Å². The zero-order valence-corrected chi connectivity index (χ0v) is 16.1. The molecule has 1 aromatic carbocycles. The molecule has 0 saturated carbocycles. The average molecular weight is 390 g/mol. The van der Waals surface area contributed by atoms with E-state index in [1.54, 1.807) is 19.2 Å². The molecule has 0 aliphatic rings. The molecule has 0 spiro atoms. The molecule has 1 rings (SSSR count). The molecule has 1 aromatic rings. The van der Waals surface area contributed by atoms with Crippen molar-refractivity contribution in [1.29, 1.82) is 0 Å². The van der Waals surface area contributed by atoms with Crippen LogP contribution in [0.3, 0.4) is 0 Å². The molecule has 0 aliphatic heterocycles. The Morgan fingerprint density at radius 2 is 1.93 bits per heavy atom. The fourth-order valence-electron chi connectivity index (χ4n) is 2.28. The van der Waals surface area contributed by atoms with Crippen LogP contribution in [0.2, 0.25) is 0 Å². The second kappa shape index (κ2) is 12.4. The first-order valence-electron chi connectivity index (χ1n) is 8.89. The predicted octanol–water partition coefficient (Wildman–Crippen LogP) is 2.61. The summed E-state index contributed by atoms with van der Waals surface area (Å²) < 4.78 is 46.6. The summed E-state index contributed by atoms with van der Waals surface area (Å²) in [7, 11) is 3.70. The molecule has 0 saturated heterocycles. The standard InChI is InChI=1S/C18H29F3N4O2/c1-4-22-17(23-10-7-11-25(2)12-13-26-3)24-14-15-8-5-6-9-16(15)27-18(19,20)21/h5-6,8-9H,4,7,10-14H2,1-3H3,(H2,22,23,24). The Balaban J connectivity index is 2.56. The first-order valence-corrected chi connectivity index (χ1v) is 8.89. The SMILES string of the molecule is CCNC(=NCc1ccccc1OC(F)(F)F)NCCCN(C)CCOC. The number of likely N-dealkylation sites (N-methyl/N-ethyl adjacent to an activating group) is 1. The van der Waals surface area contributed by atoms with Gasteiger partial charge in [-0.2, -0.15) is 0 Å². The average Bonchev–Trinajstić information content (AvgIpc) is 2.61. The number of hydrogen-bond acceptors (Lipinski definition) is 4. The minimum Gasteiger partial charge on any atom is -0.405 e. The lowest BCUT2D eigenvalue weighted by atomic mass is 10.2. The number of guanidine groups is 1. The fraction of sp³-hybridized carbons (Fsp3) is 0.611. The number of aliphatic imine (C=N–C) groups is 1. The van der Waals surface area contributed by atoms with E-state index in [9.17, 15) is 13.2 Å². The Labute approximate surface area is 158 Å². The maximum absolute atomic E-state index is 12.5. The lowest BCUT2D eigenvalue weighted by Gasteiger charge is -2.17. The molecule has 0 bridgehead atoms. The minimum absolute atomic E-state index is 0.0787. The highest BCUT2D eigenvalue weighted by Crippen LogP contribution is 2.26. The van der Waals surface area contributed by atoms with E-state index in [0.717, 1.165) is 19.5 Å². The second-order valence-electron chi connectivity index (χ2n) is 5.93. The zero-order chi connectivity index (χ0) is 20.1. The first kappa shape index (κ1) is 23.0. The Hall–Kier alpha value is -2.00. The van der Waals surface area contributed by atoms with Crippen LogP contribution in [0.15, 0.2) is 29.3 Å². The number of rotatable bonds is 11. The van der Waals surface area contributed by atoms with Gasteiger partial charge in [0.05, 0.1) is 13.2 Å². The van der Waals surface area contributed by atoms with Gasteiger partial charge in [0, 0.05) is 32.3 Å². The lowest BCUT2D eigenvalue weighted by Crippen LogP contribution is -2.38. The Morgan fingerprint density at radius 3 is 2.59 bits per heavy atom. The number of para-hydroxylation sites is 1. The van der Waals surface area contributed by atoms with Gasteiger partial charge in [-0.25, -0.2) is 4.99 Å². The van der Waals surface area contributed by atoms with Crippen molar-refractivity contribution >= 4 is 5.96 Å². The van der Waals surface area contributed by atoms with E-state index in [1.807, 2.05) is 14.0 Å². The molecule has 0 heterocycles. The summed E-state index contributed by atoms with van der Waals surface area (Å²) in [5.74, 6) is 0.322. The summed E-state index contributed by atoms with van der Waals surface area (Å²) in [6.45, 7) is 5.81. The van der Waals surface area contributed by atoms with Gasteiger partial charge >= 0.3 is 6.36 Å². The number of alkyl halides is 3. The van der Waals surface area contributed by atoms with Gasteiger partial charge in [0.2, 0.25) is 0 Å². The summed E-state index contributed by atoms with van der Waals surface area (Å²) in [5, 5.41) is 6.27. The van der Waals surface area contributed by atoms with Crippen molar-refractivity contribution < 1.29 is 22.6 Å². The molecule has 0 aliphatic carbocycles. The van der Waals surface area contributed by atoms with E-state index in [-0.39, 0.29) is 12.3 Å². The van der Waals surface area contributed by atoms with Gasteiger partial charge < -0.3 is 25.0 Å². The maximum Gasteiger partial charge on any atom is 0.573 e. The third-order valence-corrected chi connectivity index (χ3v) is 3.64. The monoisotopic (exact) mass is 390 g/mol. The minimum atomic E-state index is -4.72. The van der Waals surface area contributed by atoms with Gasteiger partial charge in [-0.1, -0.05) is 18.2 Å². The third-order valence-electron chi connectivity index (χ3n) is 3.64. The number of hydrogen-bond donors (Lipinski definition) is 2. The second-order valence-corrected chi connectivity index (χ2v) is 5.93. The van der Waals surface area contributed by atoms with Crippen LogP contribution >= 0.6 is 0 Å². The summed E-state index contributed by atoms with van der Waals surface area (Å²) in [4.78, 5) is 6.52. The third kappa shape index (κ3) is 10.7. The van der Waals surface area contributed by atoms with Crippen LogP contribution in [-0.4, -0.2) is 64.2 Å². The van der Waals surface area contributed by atoms with Crippen molar-refractivity contribution in [2.24, 2.45) is 4.99 Å². The normalized spacial score (nSPS) is 12.3. The van der Waals surface area contributed by atoms with Crippen molar-refractivity contribution in [3.63, 3.8) is 0 Å². The zero-order valence-electron chi connectivity index (χ0n) is 16.1. The summed E-state index contributed by atoms with van der Waals surface area (Å²) >= 11 is 0. The molecular formula is C18H29F3N4O2. The van der Waals surface area contributed by atoms with Gasteiger partial charge in [0.1, 0.15) is 5.75 Å². The predicted molar refractivity (Wildman–Crippen MR) is 99.9 cm³/mol. The highest BCUT2D eigenvalue weighted by Gasteiger charge is 2.31. The summed E-state index contributed by atoms with van der Waals surface area (Å²) in [5.41, 5.74) is 0.367. The molecule has 0 radical (unpaired) electrons. The molecule has 0 unspecified atom stereocenters. The van der Waals surface area contributed by atoms with Crippen molar-refractivity contribution in [2.45, 2.75) is 26.3 Å². The van der Waals surface area contributed by atoms with Crippen molar-refractivity contribution in [3.8, 4) is 5.75 Å². The maximum atomic E-state index is 12.5. The van der Waals surface area contributed by atoms with Crippen LogP contribution in [0, 0.1) is 0 Å². The van der Waals surface area contributed by atoms with Gasteiger partial charge in [0.15, 0.2) is 5.96 Å². The lowest BCUT2D eigenvalue weighted by molar-refractivity contribution is -0.274. The van der Waals surface area contributed by atoms with Crippen LogP contribution in [0.5, 0.6) is 5.75 Å². The Bertz CT molecular complexity index is 568. The number of nitrogens with one attached hydrogen (secondary N) is 2. The molecule has 0 amide bonds. The molecular weight excluding hydrogens is 361 g/mol. The van der Waals surface area contributed by atoms with E-state index >= 15 is 0 Å². The molecule has 0 atom stereocenters. The highest BCUT2D eigenvalue weighted by atomic mass is 19.4. The molecule has 0 aromatic heterocycles. The van der Waals surface area contributed by atoms with Crippen molar-refractivity contribution in [1.82, 2.24) is 15.5 Å². The van der Waals surface area contributed by atoms with Gasteiger partial charge in [0.25, 0.3) is 0 Å². The molecule has 154 valence electrons. The highest BCUT2D eigenvalue weighted by molar-refractivity contribution is 5.79. The van der Waals surface area contributed by atoms with E-state index < -0.39 is 6.36 Å². The molecule has 27 heavy (non-hydrogen) atoms. The number of nitrogens with zero attached hydrogens (tertiary/aromatic N) is 2. The Kier molecular flexibility index (Phi) is 10.6. The smallest absolute Gasteiger partial charge is 0.405 e. The number of benzene rings is 1. The summed E-state index contributed by atoms with van der Waals surface area (Å²) in [6.07, 6.45) is -3.82. The largest absolute Gasteiger partial charge is 0.573 e. The van der Waals surface area contributed by atoms with Crippen molar-refractivity contribution in [2.75, 3.05) is 46.9 Å².